The van der Waals surface area contributed by atoms with Gasteiger partial charge in [0, 0.05) is 12.4 Å². The summed E-state index contributed by atoms with van der Waals surface area (Å²) in [5, 5.41) is 0. The van der Waals surface area contributed by atoms with Crippen molar-refractivity contribution >= 4 is 0 Å². The highest BCUT2D eigenvalue weighted by molar-refractivity contribution is 5.68. The van der Waals surface area contributed by atoms with E-state index in [-0.39, 0.29) is 5.41 Å². The quantitative estimate of drug-likeness (QED) is 0.703. The van der Waals surface area contributed by atoms with Gasteiger partial charge in [-0.1, -0.05) is 44.5 Å². The summed E-state index contributed by atoms with van der Waals surface area (Å²) in [5.74, 6) is 0. The maximum Gasteiger partial charge on any atom is 0.0273 e. The van der Waals surface area contributed by atoms with Crippen LogP contribution in [0.25, 0.3) is 11.1 Å². The fourth-order valence-electron chi connectivity index (χ4n) is 2.06. The molecule has 0 amide bonds. The fourth-order valence-corrected chi connectivity index (χ4v) is 2.06. The van der Waals surface area contributed by atoms with Crippen LogP contribution in [0, 0.1) is 6.92 Å². The number of benzene rings is 1. The second kappa shape index (κ2) is 4.33. The second-order valence-electron chi connectivity index (χ2n) is 5.53. The predicted molar refractivity (Wildman–Crippen MR) is 73.1 cm³/mol. The van der Waals surface area contributed by atoms with Crippen molar-refractivity contribution in [1.82, 2.24) is 4.98 Å². The second-order valence-corrected chi connectivity index (χ2v) is 5.53. The Labute approximate surface area is 104 Å². The van der Waals surface area contributed by atoms with Crippen molar-refractivity contribution in [2.24, 2.45) is 0 Å². The first-order valence-corrected chi connectivity index (χ1v) is 6.00. The van der Waals surface area contributed by atoms with Crippen LogP contribution in [-0.2, 0) is 5.41 Å². The molecule has 1 heterocycles. The summed E-state index contributed by atoms with van der Waals surface area (Å²) < 4.78 is 0. The Hall–Kier alpha value is -1.63. The van der Waals surface area contributed by atoms with E-state index in [1.54, 1.807) is 0 Å². The number of hydrogen-bond acceptors (Lipinski definition) is 1. The Balaban J connectivity index is 2.63. The first-order valence-electron chi connectivity index (χ1n) is 6.00. The molecule has 2 aromatic rings. The van der Waals surface area contributed by atoms with Crippen molar-refractivity contribution in [1.29, 1.82) is 0 Å². The van der Waals surface area contributed by atoms with Gasteiger partial charge in [-0.15, -0.1) is 0 Å². The van der Waals surface area contributed by atoms with Crippen LogP contribution in [0.4, 0.5) is 0 Å². The molecule has 1 heteroatoms. The van der Waals surface area contributed by atoms with E-state index in [0.29, 0.717) is 0 Å². The zero-order valence-electron chi connectivity index (χ0n) is 11.0. The van der Waals surface area contributed by atoms with Crippen LogP contribution in [-0.4, -0.2) is 4.98 Å². The molecule has 0 saturated carbocycles. The van der Waals surface area contributed by atoms with Gasteiger partial charge in [0.15, 0.2) is 0 Å². The van der Waals surface area contributed by atoms with Crippen molar-refractivity contribution in [2.45, 2.75) is 33.1 Å². The van der Waals surface area contributed by atoms with Crippen LogP contribution >= 0.6 is 0 Å². The molecule has 88 valence electrons. The summed E-state index contributed by atoms with van der Waals surface area (Å²) in [5.41, 5.74) is 5.41. The summed E-state index contributed by atoms with van der Waals surface area (Å²) in [6, 6.07) is 10.8. The molecule has 0 N–H and O–H groups in total. The highest BCUT2D eigenvalue weighted by Gasteiger charge is 2.18. The first-order chi connectivity index (χ1) is 7.98. The van der Waals surface area contributed by atoms with Crippen molar-refractivity contribution < 1.29 is 0 Å². The third kappa shape index (κ3) is 2.55. The third-order valence-corrected chi connectivity index (χ3v) is 2.97. The molecule has 0 atom stereocenters. The highest BCUT2D eigenvalue weighted by Crippen LogP contribution is 2.33. The molecule has 1 aromatic heterocycles. The summed E-state index contributed by atoms with van der Waals surface area (Å²) in [6.45, 7) is 8.91. The maximum atomic E-state index is 4.08. The summed E-state index contributed by atoms with van der Waals surface area (Å²) in [7, 11) is 0. The van der Waals surface area contributed by atoms with Crippen molar-refractivity contribution in [3.8, 4) is 11.1 Å². The summed E-state index contributed by atoms with van der Waals surface area (Å²) >= 11 is 0. The van der Waals surface area contributed by atoms with Gasteiger partial charge in [-0.2, -0.15) is 0 Å². The Bertz CT molecular complexity index is 507. The Kier molecular flexibility index (Phi) is 3.01. The average molecular weight is 225 g/mol. The Morgan fingerprint density at radius 1 is 0.941 bits per heavy atom. The highest BCUT2D eigenvalue weighted by atomic mass is 14.6. The predicted octanol–water partition coefficient (Wildman–Crippen LogP) is 4.35. The molecule has 0 radical (unpaired) electrons. The minimum Gasteiger partial charge on any atom is -0.265 e. The Morgan fingerprint density at radius 2 is 1.59 bits per heavy atom. The van der Waals surface area contributed by atoms with Gasteiger partial charge in [-0.25, -0.2) is 0 Å². The van der Waals surface area contributed by atoms with Crippen LogP contribution in [0.5, 0.6) is 0 Å². The van der Waals surface area contributed by atoms with Crippen LogP contribution in [0.15, 0.2) is 42.7 Å². The number of aromatic nitrogens is 1. The number of aryl methyl sites for hydroxylation is 1. The topological polar surface area (TPSA) is 12.9 Å². The lowest BCUT2D eigenvalue weighted by molar-refractivity contribution is 0.591. The van der Waals surface area contributed by atoms with E-state index in [1.807, 2.05) is 12.4 Å². The molecule has 0 aliphatic rings. The SMILES string of the molecule is Cc1ccc(-c2ccncc2)c(C(C)(C)C)c1. The molecule has 0 aliphatic heterocycles. The van der Waals surface area contributed by atoms with E-state index in [4.69, 9.17) is 0 Å². The van der Waals surface area contributed by atoms with Gasteiger partial charge in [0.25, 0.3) is 0 Å². The molecule has 17 heavy (non-hydrogen) atoms. The van der Waals surface area contributed by atoms with E-state index in [0.717, 1.165) is 0 Å². The smallest absolute Gasteiger partial charge is 0.0273 e. The van der Waals surface area contributed by atoms with Gasteiger partial charge in [-0.3, -0.25) is 4.98 Å². The van der Waals surface area contributed by atoms with Crippen LogP contribution in [0.1, 0.15) is 31.9 Å². The number of pyridine rings is 1. The van der Waals surface area contributed by atoms with Gasteiger partial charge >= 0.3 is 0 Å². The molecule has 0 aliphatic carbocycles. The van der Waals surface area contributed by atoms with Gasteiger partial charge in [-0.05, 0) is 41.2 Å². The minimum absolute atomic E-state index is 0.157. The lowest BCUT2D eigenvalue weighted by Gasteiger charge is -2.23. The minimum atomic E-state index is 0.157. The molecule has 0 bridgehead atoms. The monoisotopic (exact) mass is 225 g/mol. The molecular weight excluding hydrogens is 206 g/mol. The van der Waals surface area contributed by atoms with Gasteiger partial charge < -0.3 is 0 Å². The molecule has 0 unspecified atom stereocenters. The fraction of sp³-hybridized carbons (Fsp3) is 0.312. The van der Waals surface area contributed by atoms with Crippen LogP contribution in [0.3, 0.4) is 0 Å². The van der Waals surface area contributed by atoms with Gasteiger partial charge in [0.1, 0.15) is 0 Å². The number of nitrogens with zero attached hydrogens (tertiary/aromatic N) is 1. The number of hydrogen-bond donors (Lipinski definition) is 0. The van der Waals surface area contributed by atoms with Gasteiger partial charge in [0.2, 0.25) is 0 Å². The van der Waals surface area contributed by atoms with Gasteiger partial charge in [0.05, 0.1) is 0 Å². The summed E-state index contributed by atoms with van der Waals surface area (Å²) in [4.78, 5) is 4.08. The molecule has 0 spiro atoms. The average Bonchev–Trinajstić information content (AvgIpc) is 2.29. The molecule has 2 rings (SSSR count). The molecule has 0 saturated heterocycles. The Morgan fingerprint density at radius 3 is 2.18 bits per heavy atom. The van der Waals surface area contributed by atoms with Crippen molar-refractivity contribution in [3.63, 3.8) is 0 Å². The molecular formula is C16H19N. The molecule has 1 aromatic carbocycles. The van der Waals surface area contributed by atoms with E-state index >= 15 is 0 Å². The van der Waals surface area contributed by atoms with E-state index in [9.17, 15) is 0 Å². The van der Waals surface area contributed by atoms with E-state index in [1.165, 1.54) is 22.3 Å². The van der Waals surface area contributed by atoms with Crippen LogP contribution < -0.4 is 0 Å². The lowest BCUT2D eigenvalue weighted by atomic mass is 9.81. The standard InChI is InChI=1S/C16H19N/c1-12-5-6-14(13-7-9-17-10-8-13)15(11-12)16(2,3)4/h5-11H,1-4H3. The first kappa shape index (κ1) is 11.8. The maximum absolute atomic E-state index is 4.08. The third-order valence-electron chi connectivity index (χ3n) is 2.97. The van der Waals surface area contributed by atoms with Crippen molar-refractivity contribution in [3.05, 3.63) is 53.9 Å². The van der Waals surface area contributed by atoms with Crippen LogP contribution in [0.2, 0.25) is 0 Å². The zero-order valence-corrected chi connectivity index (χ0v) is 11.0. The van der Waals surface area contributed by atoms with Crippen molar-refractivity contribution in [2.75, 3.05) is 0 Å². The lowest BCUT2D eigenvalue weighted by Crippen LogP contribution is -2.13. The summed E-state index contributed by atoms with van der Waals surface area (Å²) in [6.07, 6.45) is 3.70. The van der Waals surface area contributed by atoms with E-state index < -0.39 is 0 Å². The zero-order chi connectivity index (χ0) is 12.5. The molecule has 0 fully saturated rings. The largest absolute Gasteiger partial charge is 0.265 e. The normalized spacial score (nSPS) is 11.5. The molecule has 1 nitrogen and oxygen atoms in total. The number of rotatable bonds is 1. The van der Waals surface area contributed by atoms with E-state index in [2.05, 4.69) is 63.0 Å².